The Morgan fingerprint density at radius 2 is 1.74 bits per heavy atom. The Morgan fingerprint density at radius 3 is 2.45 bits per heavy atom. The number of benzene rings is 2. The van der Waals surface area contributed by atoms with Crippen LogP contribution >= 0.6 is 0 Å². The largest absolute Gasteiger partial charge is 0.492 e. The van der Waals surface area contributed by atoms with Gasteiger partial charge in [0.15, 0.2) is 0 Å². The maximum Gasteiger partial charge on any atom is 0.243 e. The lowest BCUT2D eigenvalue weighted by atomic mass is 10.0. The van der Waals surface area contributed by atoms with Gasteiger partial charge in [0.05, 0.1) is 6.54 Å². The van der Waals surface area contributed by atoms with Gasteiger partial charge in [-0.3, -0.25) is 9.59 Å². The molecule has 3 rings (SSSR count). The first kappa shape index (κ1) is 22.4. The van der Waals surface area contributed by atoms with Gasteiger partial charge in [-0.2, -0.15) is 0 Å². The van der Waals surface area contributed by atoms with Crippen LogP contribution in [0, 0.1) is 19.8 Å². The number of ether oxygens (including phenoxy) is 1. The fourth-order valence-corrected chi connectivity index (χ4v) is 3.55. The molecular formula is C25H31N3O3. The lowest BCUT2D eigenvalue weighted by molar-refractivity contribution is -0.130. The minimum absolute atomic E-state index is 0.147. The predicted octanol–water partition coefficient (Wildman–Crippen LogP) is 3.66. The average molecular weight is 422 g/mol. The topological polar surface area (TPSA) is 83.2 Å². The zero-order chi connectivity index (χ0) is 22.4. The van der Waals surface area contributed by atoms with Gasteiger partial charge < -0.3 is 20.4 Å². The highest BCUT2D eigenvalue weighted by atomic mass is 16.5. The zero-order valence-corrected chi connectivity index (χ0v) is 18.6. The van der Waals surface area contributed by atoms with E-state index in [-0.39, 0.29) is 17.7 Å². The molecule has 1 atom stereocenters. The van der Waals surface area contributed by atoms with Crippen molar-refractivity contribution in [2.24, 2.45) is 5.92 Å². The fourth-order valence-electron chi connectivity index (χ4n) is 3.55. The van der Waals surface area contributed by atoms with Crippen molar-refractivity contribution in [2.75, 3.05) is 13.2 Å². The normalized spacial score (nSPS) is 12.0. The molecule has 1 heterocycles. The number of amides is 2. The third-order valence-electron chi connectivity index (χ3n) is 5.12. The number of aryl methyl sites for hydroxylation is 2. The second-order valence-corrected chi connectivity index (χ2v) is 8.24. The second-order valence-electron chi connectivity index (χ2n) is 8.24. The van der Waals surface area contributed by atoms with E-state index >= 15 is 0 Å². The minimum Gasteiger partial charge on any atom is -0.492 e. The molecular weight excluding hydrogens is 390 g/mol. The van der Waals surface area contributed by atoms with E-state index in [4.69, 9.17) is 4.74 Å². The molecule has 6 heteroatoms. The molecule has 0 aliphatic heterocycles. The van der Waals surface area contributed by atoms with E-state index in [0.29, 0.717) is 19.6 Å². The Balaban J connectivity index is 1.62. The monoisotopic (exact) mass is 421 g/mol. The molecule has 0 radical (unpaired) electrons. The SMILES string of the molecule is Cc1cc(C)cc(OCCNC(=O)C(Cc2c[nH]c3ccccc23)NC(=O)C(C)C)c1. The third kappa shape index (κ3) is 6.10. The average Bonchev–Trinajstić information content (AvgIpc) is 3.12. The molecule has 1 unspecified atom stereocenters. The Hall–Kier alpha value is -3.28. The van der Waals surface area contributed by atoms with Crippen molar-refractivity contribution >= 4 is 22.7 Å². The van der Waals surface area contributed by atoms with Gasteiger partial charge in [-0.05, 0) is 48.7 Å². The van der Waals surface area contributed by atoms with E-state index in [9.17, 15) is 9.59 Å². The summed E-state index contributed by atoms with van der Waals surface area (Å²) in [5, 5.41) is 6.84. The van der Waals surface area contributed by atoms with Crippen molar-refractivity contribution < 1.29 is 14.3 Å². The number of aromatic amines is 1. The molecule has 6 nitrogen and oxygen atoms in total. The number of hydrogen-bond acceptors (Lipinski definition) is 3. The number of aromatic nitrogens is 1. The Kier molecular flexibility index (Phi) is 7.34. The van der Waals surface area contributed by atoms with Crippen LogP contribution in [0.25, 0.3) is 10.9 Å². The second kappa shape index (κ2) is 10.2. The lowest BCUT2D eigenvalue weighted by Gasteiger charge is -2.20. The first-order valence-electron chi connectivity index (χ1n) is 10.7. The number of nitrogens with one attached hydrogen (secondary N) is 3. The highest BCUT2D eigenvalue weighted by molar-refractivity contribution is 5.90. The van der Waals surface area contributed by atoms with Crippen LogP contribution in [0.3, 0.4) is 0 Å². The molecule has 3 N–H and O–H groups in total. The maximum atomic E-state index is 12.9. The standard InChI is InChI=1S/C25H31N3O3/c1-16(2)24(29)28-23(14-19-15-27-22-8-6-5-7-21(19)22)25(30)26-9-10-31-20-12-17(3)11-18(4)13-20/h5-8,11-13,15-16,23,27H,9-10,14H2,1-4H3,(H,26,30)(H,28,29). The summed E-state index contributed by atoms with van der Waals surface area (Å²) in [5.41, 5.74) is 4.27. The van der Waals surface area contributed by atoms with E-state index in [1.165, 1.54) is 0 Å². The van der Waals surface area contributed by atoms with Crippen molar-refractivity contribution in [3.63, 3.8) is 0 Å². The van der Waals surface area contributed by atoms with E-state index in [0.717, 1.165) is 33.3 Å². The molecule has 31 heavy (non-hydrogen) atoms. The number of rotatable bonds is 9. The van der Waals surface area contributed by atoms with Gasteiger partial charge in [0.1, 0.15) is 18.4 Å². The van der Waals surface area contributed by atoms with Crippen LogP contribution in [0.1, 0.15) is 30.5 Å². The summed E-state index contributed by atoms with van der Waals surface area (Å²) in [6.45, 7) is 8.38. The molecule has 1 aromatic heterocycles. The van der Waals surface area contributed by atoms with Gasteiger partial charge >= 0.3 is 0 Å². The molecule has 2 aromatic carbocycles. The first-order chi connectivity index (χ1) is 14.8. The van der Waals surface area contributed by atoms with Crippen LogP contribution in [-0.4, -0.2) is 36.0 Å². The van der Waals surface area contributed by atoms with E-state index in [1.54, 1.807) is 0 Å². The van der Waals surface area contributed by atoms with Gasteiger partial charge in [-0.1, -0.05) is 38.1 Å². The summed E-state index contributed by atoms with van der Waals surface area (Å²) in [5.74, 6) is 0.219. The van der Waals surface area contributed by atoms with E-state index < -0.39 is 6.04 Å². The summed E-state index contributed by atoms with van der Waals surface area (Å²) in [4.78, 5) is 28.4. The molecule has 0 spiro atoms. The molecule has 0 bridgehead atoms. The van der Waals surface area contributed by atoms with Gasteiger partial charge in [0.25, 0.3) is 0 Å². The van der Waals surface area contributed by atoms with Crippen molar-refractivity contribution in [1.82, 2.24) is 15.6 Å². The minimum atomic E-state index is -0.657. The highest BCUT2D eigenvalue weighted by Crippen LogP contribution is 2.19. The summed E-state index contributed by atoms with van der Waals surface area (Å²) in [7, 11) is 0. The highest BCUT2D eigenvalue weighted by Gasteiger charge is 2.23. The van der Waals surface area contributed by atoms with E-state index in [1.807, 2.05) is 70.3 Å². The van der Waals surface area contributed by atoms with Crippen LogP contribution in [0.15, 0.2) is 48.7 Å². The molecule has 164 valence electrons. The van der Waals surface area contributed by atoms with Crippen molar-refractivity contribution in [3.05, 3.63) is 65.4 Å². The predicted molar refractivity (Wildman–Crippen MR) is 123 cm³/mol. The summed E-state index contributed by atoms with van der Waals surface area (Å²) in [6.07, 6.45) is 2.31. The number of carbonyl (C=O) groups is 2. The number of hydrogen-bond donors (Lipinski definition) is 3. The number of para-hydroxylation sites is 1. The van der Waals surface area contributed by atoms with Crippen LogP contribution < -0.4 is 15.4 Å². The van der Waals surface area contributed by atoms with Crippen LogP contribution in [0.2, 0.25) is 0 Å². The maximum absolute atomic E-state index is 12.9. The number of H-pyrrole nitrogens is 1. The Labute approximate surface area is 183 Å². The van der Waals surface area contributed by atoms with Crippen molar-refractivity contribution in [2.45, 2.75) is 40.2 Å². The van der Waals surface area contributed by atoms with Crippen LogP contribution in [0.4, 0.5) is 0 Å². The third-order valence-corrected chi connectivity index (χ3v) is 5.12. The van der Waals surface area contributed by atoms with Gasteiger partial charge in [-0.25, -0.2) is 0 Å². The summed E-state index contributed by atoms with van der Waals surface area (Å²) in [6, 6.07) is 13.3. The fraction of sp³-hybridized carbons (Fsp3) is 0.360. The molecule has 0 saturated carbocycles. The van der Waals surface area contributed by atoms with E-state index in [2.05, 4.69) is 21.7 Å². The van der Waals surface area contributed by atoms with Crippen molar-refractivity contribution in [1.29, 1.82) is 0 Å². The first-order valence-corrected chi connectivity index (χ1v) is 10.7. The number of carbonyl (C=O) groups excluding carboxylic acids is 2. The summed E-state index contributed by atoms with van der Waals surface area (Å²) < 4.78 is 5.77. The Morgan fingerprint density at radius 1 is 1.03 bits per heavy atom. The van der Waals surface area contributed by atoms with Gasteiger partial charge in [0.2, 0.25) is 11.8 Å². The molecule has 0 saturated heterocycles. The molecule has 0 aliphatic carbocycles. The molecule has 3 aromatic rings. The van der Waals surface area contributed by atoms with Gasteiger partial charge in [-0.15, -0.1) is 0 Å². The number of fused-ring (bicyclic) bond motifs is 1. The quantitative estimate of drug-likeness (QED) is 0.461. The molecule has 0 fully saturated rings. The molecule has 2 amide bonds. The van der Waals surface area contributed by atoms with Crippen LogP contribution in [0.5, 0.6) is 5.75 Å². The van der Waals surface area contributed by atoms with Crippen molar-refractivity contribution in [3.8, 4) is 5.75 Å². The lowest BCUT2D eigenvalue weighted by Crippen LogP contribution is -2.49. The zero-order valence-electron chi connectivity index (χ0n) is 18.6. The van der Waals surface area contributed by atoms with Crippen LogP contribution in [-0.2, 0) is 16.0 Å². The smallest absolute Gasteiger partial charge is 0.243 e. The van der Waals surface area contributed by atoms with Gasteiger partial charge in [0, 0.05) is 29.4 Å². The summed E-state index contributed by atoms with van der Waals surface area (Å²) >= 11 is 0. The molecule has 0 aliphatic rings. The Bertz CT molecular complexity index is 1030.